The monoisotopic (exact) mass is 238 g/mol. The molecule has 0 radical (unpaired) electrons. The van der Waals surface area contributed by atoms with Crippen LogP contribution in [0.15, 0.2) is 18.5 Å². The third-order valence-corrected chi connectivity index (χ3v) is 2.36. The van der Waals surface area contributed by atoms with Crippen LogP contribution in [0.2, 0.25) is 5.15 Å². The van der Waals surface area contributed by atoms with E-state index in [0.29, 0.717) is 23.1 Å². The van der Waals surface area contributed by atoms with Crippen molar-refractivity contribution in [2.45, 2.75) is 13.5 Å². The molecule has 2 aromatic heterocycles. The topological polar surface area (TPSA) is 63.8 Å². The second-order valence-corrected chi connectivity index (χ2v) is 3.70. The molecule has 5 nitrogen and oxygen atoms in total. The summed E-state index contributed by atoms with van der Waals surface area (Å²) in [4.78, 5) is 8.40. The molecule has 0 fully saturated rings. The summed E-state index contributed by atoms with van der Waals surface area (Å²) in [6.07, 6.45) is 3.41. The molecular weight excluding hydrogens is 228 g/mol. The van der Waals surface area contributed by atoms with Crippen LogP contribution in [0.1, 0.15) is 5.69 Å². The first-order valence-corrected chi connectivity index (χ1v) is 5.22. The number of aromatic nitrogens is 4. The Kier molecular flexibility index (Phi) is 3.17. The standard InChI is InChI=1S/C10H11ClN4O/c1-7-2-3-12-10(13-7)8-6-15(4-5-16)14-9(8)11/h2-3,6,16H,4-5H2,1H3. The molecular formula is C10H11ClN4O. The van der Waals surface area contributed by atoms with Crippen LogP contribution in [0.4, 0.5) is 0 Å². The smallest absolute Gasteiger partial charge is 0.164 e. The van der Waals surface area contributed by atoms with E-state index in [-0.39, 0.29) is 6.61 Å². The lowest BCUT2D eigenvalue weighted by Gasteiger charge is -1.97. The second kappa shape index (κ2) is 4.59. The van der Waals surface area contributed by atoms with Gasteiger partial charge in [-0.1, -0.05) is 11.6 Å². The Morgan fingerprint density at radius 3 is 3.00 bits per heavy atom. The van der Waals surface area contributed by atoms with Gasteiger partial charge < -0.3 is 5.11 Å². The van der Waals surface area contributed by atoms with Gasteiger partial charge in [-0.15, -0.1) is 0 Å². The molecule has 0 amide bonds. The zero-order chi connectivity index (χ0) is 11.5. The summed E-state index contributed by atoms with van der Waals surface area (Å²) in [5.74, 6) is 0.550. The van der Waals surface area contributed by atoms with E-state index in [1.165, 1.54) is 0 Å². The summed E-state index contributed by atoms with van der Waals surface area (Å²) < 4.78 is 1.57. The summed E-state index contributed by atoms with van der Waals surface area (Å²) in [5, 5.41) is 13.2. The Hall–Kier alpha value is -1.46. The van der Waals surface area contributed by atoms with Crippen LogP contribution < -0.4 is 0 Å². The predicted octanol–water partition coefficient (Wildman–Crippen LogP) is 1.29. The van der Waals surface area contributed by atoms with E-state index in [2.05, 4.69) is 15.1 Å². The highest BCUT2D eigenvalue weighted by Crippen LogP contribution is 2.23. The first-order chi connectivity index (χ1) is 7.70. The van der Waals surface area contributed by atoms with Gasteiger partial charge in [-0.3, -0.25) is 4.68 Å². The van der Waals surface area contributed by atoms with Gasteiger partial charge in [0.15, 0.2) is 11.0 Å². The molecule has 0 bridgehead atoms. The van der Waals surface area contributed by atoms with Gasteiger partial charge in [0, 0.05) is 18.1 Å². The minimum absolute atomic E-state index is 0.0200. The summed E-state index contributed by atoms with van der Waals surface area (Å²) in [6.45, 7) is 2.31. The van der Waals surface area contributed by atoms with Crippen molar-refractivity contribution >= 4 is 11.6 Å². The van der Waals surface area contributed by atoms with Crippen LogP contribution >= 0.6 is 11.6 Å². The van der Waals surface area contributed by atoms with Crippen LogP contribution in [-0.2, 0) is 6.54 Å². The fourth-order valence-electron chi connectivity index (χ4n) is 1.34. The maximum atomic E-state index is 8.80. The average molecular weight is 239 g/mol. The third kappa shape index (κ3) is 2.20. The summed E-state index contributed by atoms with van der Waals surface area (Å²) >= 11 is 5.97. The van der Waals surface area contributed by atoms with Crippen molar-refractivity contribution in [2.24, 2.45) is 0 Å². The van der Waals surface area contributed by atoms with E-state index in [4.69, 9.17) is 16.7 Å². The molecule has 2 heterocycles. The number of aliphatic hydroxyl groups excluding tert-OH is 1. The molecule has 16 heavy (non-hydrogen) atoms. The maximum absolute atomic E-state index is 8.80. The van der Waals surface area contributed by atoms with Gasteiger partial charge in [-0.25, -0.2) is 9.97 Å². The van der Waals surface area contributed by atoms with Crippen molar-refractivity contribution in [3.63, 3.8) is 0 Å². The number of nitrogens with zero attached hydrogens (tertiary/aromatic N) is 4. The van der Waals surface area contributed by atoms with Crippen molar-refractivity contribution in [1.29, 1.82) is 0 Å². The Morgan fingerprint density at radius 1 is 1.50 bits per heavy atom. The molecule has 0 spiro atoms. The SMILES string of the molecule is Cc1ccnc(-c2cn(CCO)nc2Cl)n1. The Bertz CT molecular complexity index is 497. The lowest BCUT2D eigenvalue weighted by Crippen LogP contribution is -2.01. The molecule has 6 heteroatoms. The van der Waals surface area contributed by atoms with Gasteiger partial charge in [0.25, 0.3) is 0 Å². The Labute approximate surface area is 97.7 Å². The van der Waals surface area contributed by atoms with E-state index >= 15 is 0 Å². The van der Waals surface area contributed by atoms with Gasteiger partial charge in [0.05, 0.1) is 18.7 Å². The molecule has 2 rings (SSSR count). The Morgan fingerprint density at radius 2 is 2.31 bits per heavy atom. The van der Waals surface area contributed by atoms with Crippen LogP contribution in [0.3, 0.4) is 0 Å². The second-order valence-electron chi connectivity index (χ2n) is 3.34. The number of rotatable bonds is 3. The highest BCUT2D eigenvalue weighted by Gasteiger charge is 2.11. The highest BCUT2D eigenvalue weighted by molar-refractivity contribution is 6.31. The largest absolute Gasteiger partial charge is 0.394 e. The van der Waals surface area contributed by atoms with Gasteiger partial charge >= 0.3 is 0 Å². The van der Waals surface area contributed by atoms with Gasteiger partial charge in [-0.05, 0) is 13.0 Å². The van der Waals surface area contributed by atoms with Crippen LogP contribution in [-0.4, -0.2) is 31.5 Å². The molecule has 0 saturated heterocycles. The minimum Gasteiger partial charge on any atom is -0.394 e. The number of aryl methyl sites for hydroxylation is 1. The molecule has 0 aromatic carbocycles. The van der Waals surface area contributed by atoms with Gasteiger partial charge in [0.2, 0.25) is 0 Å². The van der Waals surface area contributed by atoms with Crippen LogP contribution in [0.25, 0.3) is 11.4 Å². The van der Waals surface area contributed by atoms with E-state index in [9.17, 15) is 0 Å². The molecule has 0 aliphatic heterocycles. The van der Waals surface area contributed by atoms with Gasteiger partial charge in [0.1, 0.15) is 0 Å². The van der Waals surface area contributed by atoms with E-state index < -0.39 is 0 Å². The van der Waals surface area contributed by atoms with Gasteiger partial charge in [-0.2, -0.15) is 5.10 Å². The zero-order valence-corrected chi connectivity index (χ0v) is 9.52. The molecule has 0 aliphatic carbocycles. The summed E-state index contributed by atoms with van der Waals surface area (Å²) in [7, 11) is 0. The van der Waals surface area contributed by atoms with Crippen molar-refractivity contribution < 1.29 is 5.11 Å². The lowest BCUT2D eigenvalue weighted by molar-refractivity contribution is 0.269. The van der Waals surface area contributed by atoms with E-state index in [0.717, 1.165) is 5.69 Å². The molecule has 0 atom stereocenters. The number of halogens is 1. The number of hydrogen-bond donors (Lipinski definition) is 1. The Balaban J connectivity index is 2.40. The minimum atomic E-state index is 0.0200. The van der Waals surface area contributed by atoms with Crippen LogP contribution in [0, 0.1) is 6.92 Å². The highest BCUT2D eigenvalue weighted by atomic mass is 35.5. The first-order valence-electron chi connectivity index (χ1n) is 4.84. The summed E-state index contributed by atoms with van der Waals surface area (Å²) in [5.41, 5.74) is 1.55. The fourth-order valence-corrected chi connectivity index (χ4v) is 1.57. The number of aliphatic hydroxyl groups is 1. The normalized spacial score (nSPS) is 10.7. The number of hydrogen-bond acceptors (Lipinski definition) is 4. The predicted molar refractivity (Wildman–Crippen MR) is 60.1 cm³/mol. The molecule has 0 aliphatic rings. The molecule has 84 valence electrons. The average Bonchev–Trinajstić information content (AvgIpc) is 2.60. The van der Waals surface area contributed by atoms with Crippen molar-refractivity contribution in [2.75, 3.05) is 6.61 Å². The fraction of sp³-hybridized carbons (Fsp3) is 0.300. The molecule has 0 saturated carbocycles. The lowest BCUT2D eigenvalue weighted by atomic mass is 10.3. The van der Waals surface area contributed by atoms with E-state index in [1.807, 2.05) is 13.0 Å². The van der Waals surface area contributed by atoms with Crippen molar-refractivity contribution in [3.05, 3.63) is 29.3 Å². The zero-order valence-electron chi connectivity index (χ0n) is 8.76. The first kappa shape index (κ1) is 11.0. The molecule has 2 aromatic rings. The molecule has 0 unspecified atom stereocenters. The van der Waals surface area contributed by atoms with Crippen LogP contribution in [0.5, 0.6) is 0 Å². The van der Waals surface area contributed by atoms with Crippen molar-refractivity contribution in [1.82, 2.24) is 19.7 Å². The molecule has 1 N–H and O–H groups in total. The quantitative estimate of drug-likeness (QED) is 0.875. The van der Waals surface area contributed by atoms with E-state index in [1.54, 1.807) is 17.1 Å². The summed E-state index contributed by atoms with van der Waals surface area (Å²) in [6, 6.07) is 1.82. The third-order valence-electron chi connectivity index (χ3n) is 2.08. The van der Waals surface area contributed by atoms with Crippen molar-refractivity contribution in [3.8, 4) is 11.4 Å². The maximum Gasteiger partial charge on any atom is 0.164 e.